The van der Waals surface area contributed by atoms with Gasteiger partial charge in [0.25, 0.3) is 11.8 Å². The Hall–Kier alpha value is -2.28. The summed E-state index contributed by atoms with van der Waals surface area (Å²) in [5, 5.41) is 2.96. The molecule has 0 unspecified atom stereocenters. The minimum Gasteiger partial charge on any atom is -0.485 e. The zero-order valence-electron chi connectivity index (χ0n) is 15.7. The van der Waals surface area contributed by atoms with Gasteiger partial charge in [0, 0.05) is 6.04 Å². The van der Waals surface area contributed by atoms with Crippen molar-refractivity contribution in [3.63, 3.8) is 0 Å². The lowest BCUT2D eigenvalue weighted by molar-refractivity contribution is -0.918. The van der Waals surface area contributed by atoms with E-state index in [9.17, 15) is 9.59 Å². The molecular formula is C19H28N3O4+. The number of nitrogens with zero attached hydrogens (tertiary/aromatic N) is 1. The van der Waals surface area contributed by atoms with Crippen molar-refractivity contribution in [3.05, 3.63) is 24.3 Å². The Morgan fingerprint density at radius 2 is 1.81 bits per heavy atom. The second-order valence-electron chi connectivity index (χ2n) is 7.23. The van der Waals surface area contributed by atoms with Gasteiger partial charge >= 0.3 is 0 Å². The number of quaternary nitrogens is 1. The fraction of sp³-hybridized carbons (Fsp3) is 0.579. The Morgan fingerprint density at radius 1 is 1.15 bits per heavy atom. The minimum atomic E-state index is -0.604. The number of piperazine rings is 1. The van der Waals surface area contributed by atoms with Crippen LogP contribution in [0.5, 0.6) is 11.5 Å². The number of rotatable bonds is 4. The van der Waals surface area contributed by atoms with Gasteiger partial charge in [0.2, 0.25) is 6.10 Å². The molecule has 1 aromatic rings. The van der Waals surface area contributed by atoms with Crippen LogP contribution < -0.4 is 19.7 Å². The molecule has 2 amide bonds. The van der Waals surface area contributed by atoms with Crippen molar-refractivity contribution in [2.75, 3.05) is 32.8 Å². The van der Waals surface area contributed by atoms with E-state index in [0.29, 0.717) is 24.6 Å². The van der Waals surface area contributed by atoms with Crippen LogP contribution in [0.25, 0.3) is 0 Å². The van der Waals surface area contributed by atoms with E-state index < -0.39 is 6.10 Å². The summed E-state index contributed by atoms with van der Waals surface area (Å²) >= 11 is 0. The second kappa shape index (κ2) is 7.95. The monoisotopic (exact) mass is 362 g/mol. The fourth-order valence-corrected chi connectivity index (χ4v) is 3.39. The van der Waals surface area contributed by atoms with Gasteiger partial charge in [-0.15, -0.1) is 0 Å². The zero-order chi connectivity index (χ0) is 18.7. The lowest BCUT2D eigenvalue weighted by Gasteiger charge is -2.37. The summed E-state index contributed by atoms with van der Waals surface area (Å²) in [7, 11) is 0. The van der Waals surface area contributed by atoms with Gasteiger partial charge in [0.15, 0.2) is 17.5 Å². The van der Waals surface area contributed by atoms with Gasteiger partial charge in [-0.3, -0.25) is 9.59 Å². The van der Waals surface area contributed by atoms with E-state index in [0.717, 1.165) is 13.1 Å². The smallest absolute Gasteiger partial charge is 0.278 e. The molecule has 2 N–H and O–H groups in total. The highest BCUT2D eigenvalue weighted by atomic mass is 16.6. The van der Waals surface area contributed by atoms with Crippen LogP contribution in [-0.2, 0) is 9.59 Å². The number of benzene rings is 1. The highest BCUT2D eigenvalue weighted by molar-refractivity contribution is 5.82. The van der Waals surface area contributed by atoms with Gasteiger partial charge in [0.1, 0.15) is 6.61 Å². The van der Waals surface area contributed by atoms with Crippen LogP contribution in [0.2, 0.25) is 0 Å². The lowest BCUT2D eigenvalue weighted by atomic mass is 10.2. The van der Waals surface area contributed by atoms with Crippen molar-refractivity contribution in [2.45, 2.75) is 39.0 Å². The van der Waals surface area contributed by atoms with E-state index in [1.165, 1.54) is 4.90 Å². The molecule has 2 aliphatic rings. The first kappa shape index (κ1) is 18.5. The number of carbonyl (C=O) groups is 2. The van der Waals surface area contributed by atoms with Crippen molar-refractivity contribution in [1.29, 1.82) is 0 Å². The molecule has 0 bridgehead atoms. The van der Waals surface area contributed by atoms with Gasteiger partial charge in [-0.25, -0.2) is 0 Å². The number of ether oxygens (including phenoxy) is 2. The number of fused-ring (bicyclic) bond motifs is 1. The molecule has 1 saturated heterocycles. The molecule has 0 radical (unpaired) electrons. The third-order valence-corrected chi connectivity index (χ3v) is 4.94. The van der Waals surface area contributed by atoms with Crippen LogP contribution in [0.4, 0.5) is 0 Å². The molecule has 2 aliphatic heterocycles. The Morgan fingerprint density at radius 3 is 2.46 bits per heavy atom. The molecule has 0 spiro atoms. The SMILES string of the molecule is CC(C)NC(=O)[C@@H](C)[NH+]1CCN(C(=O)[C@H]2COc3ccccc3O2)CC1. The van der Waals surface area contributed by atoms with Crippen LogP contribution in [0.3, 0.4) is 0 Å². The van der Waals surface area contributed by atoms with Crippen molar-refractivity contribution in [3.8, 4) is 11.5 Å². The van der Waals surface area contributed by atoms with E-state index in [1.54, 1.807) is 0 Å². The third-order valence-electron chi connectivity index (χ3n) is 4.94. The molecule has 7 nitrogen and oxygen atoms in total. The molecule has 0 aliphatic carbocycles. The average molecular weight is 362 g/mol. The first-order valence-electron chi connectivity index (χ1n) is 9.28. The quantitative estimate of drug-likeness (QED) is 0.755. The molecule has 1 fully saturated rings. The third kappa shape index (κ3) is 4.09. The van der Waals surface area contributed by atoms with E-state index in [4.69, 9.17) is 9.47 Å². The van der Waals surface area contributed by atoms with Gasteiger partial charge in [-0.1, -0.05) is 12.1 Å². The highest BCUT2D eigenvalue weighted by Crippen LogP contribution is 2.31. The Kier molecular flexibility index (Phi) is 5.66. The molecule has 7 heteroatoms. The molecule has 3 rings (SSSR count). The number of para-hydroxylation sites is 2. The van der Waals surface area contributed by atoms with Crippen LogP contribution in [0.1, 0.15) is 20.8 Å². The van der Waals surface area contributed by atoms with E-state index in [2.05, 4.69) is 5.32 Å². The van der Waals surface area contributed by atoms with Crippen molar-refractivity contribution in [2.24, 2.45) is 0 Å². The fourth-order valence-electron chi connectivity index (χ4n) is 3.39. The van der Waals surface area contributed by atoms with Crippen molar-refractivity contribution < 1.29 is 24.0 Å². The van der Waals surface area contributed by atoms with E-state index in [-0.39, 0.29) is 30.5 Å². The maximum atomic E-state index is 12.8. The summed E-state index contributed by atoms with van der Waals surface area (Å²) in [6.45, 7) is 8.84. The summed E-state index contributed by atoms with van der Waals surface area (Å²) in [6.07, 6.45) is -0.604. The number of nitrogens with one attached hydrogen (secondary N) is 2. The number of amides is 2. The molecule has 1 aromatic carbocycles. The standard InChI is InChI=1S/C19H27N3O4/c1-13(2)20-18(23)14(3)21-8-10-22(11-9-21)19(24)17-12-25-15-6-4-5-7-16(15)26-17/h4-7,13-14,17H,8-12H2,1-3H3,(H,20,23)/p+1/t14-,17-/m1/s1. The molecule has 0 saturated carbocycles. The van der Waals surface area contributed by atoms with Gasteiger partial charge in [-0.05, 0) is 32.9 Å². The van der Waals surface area contributed by atoms with E-state index >= 15 is 0 Å². The minimum absolute atomic E-state index is 0.0437. The van der Waals surface area contributed by atoms with Gasteiger partial charge in [-0.2, -0.15) is 0 Å². The molecule has 142 valence electrons. The Bertz CT molecular complexity index is 656. The van der Waals surface area contributed by atoms with Crippen LogP contribution in [0.15, 0.2) is 24.3 Å². The predicted molar refractivity (Wildman–Crippen MR) is 96.4 cm³/mol. The molecule has 2 atom stereocenters. The maximum absolute atomic E-state index is 12.8. The summed E-state index contributed by atoms with van der Waals surface area (Å²) in [6, 6.07) is 7.41. The summed E-state index contributed by atoms with van der Waals surface area (Å²) in [4.78, 5) is 28.0. The molecule has 26 heavy (non-hydrogen) atoms. The molecule has 0 aromatic heterocycles. The first-order valence-corrected chi connectivity index (χ1v) is 9.28. The number of hydrogen-bond donors (Lipinski definition) is 2. The van der Waals surface area contributed by atoms with Crippen LogP contribution >= 0.6 is 0 Å². The number of carbonyl (C=O) groups excluding carboxylic acids is 2. The Labute approximate surface area is 154 Å². The maximum Gasteiger partial charge on any atom is 0.278 e. The van der Waals surface area contributed by atoms with Gasteiger partial charge in [0.05, 0.1) is 26.2 Å². The molecular weight excluding hydrogens is 334 g/mol. The van der Waals surface area contributed by atoms with Crippen molar-refractivity contribution >= 4 is 11.8 Å². The summed E-state index contributed by atoms with van der Waals surface area (Å²) in [5.41, 5.74) is 0. The van der Waals surface area contributed by atoms with Crippen LogP contribution in [-0.4, -0.2) is 67.7 Å². The lowest BCUT2D eigenvalue weighted by Crippen LogP contribution is -3.19. The van der Waals surface area contributed by atoms with Crippen molar-refractivity contribution in [1.82, 2.24) is 10.2 Å². The topological polar surface area (TPSA) is 72.3 Å². The van der Waals surface area contributed by atoms with Crippen LogP contribution in [0, 0.1) is 0 Å². The van der Waals surface area contributed by atoms with E-state index in [1.807, 2.05) is 49.9 Å². The Balaban J connectivity index is 1.52. The second-order valence-corrected chi connectivity index (χ2v) is 7.23. The summed E-state index contributed by atoms with van der Waals surface area (Å²) < 4.78 is 11.5. The normalized spacial score (nSPS) is 21.4. The molecule has 2 heterocycles. The first-order chi connectivity index (χ1) is 12.5. The zero-order valence-corrected chi connectivity index (χ0v) is 15.7. The average Bonchev–Trinajstić information content (AvgIpc) is 2.66. The predicted octanol–water partition coefficient (Wildman–Crippen LogP) is -0.533. The number of hydrogen-bond acceptors (Lipinski definition) is 4. The highest BCUT2D eigenvalue weighted by Gasteiger charge is 2.35. The van der Waals surface area contributed by atoms with Gasteiger partial charge < -0.3 is 24.6 Å². The summed E-state index contributed by atoms with van der Waals surface area (Å²) in [5.74, 6) is 1.31. The largest absolute Gasteiger partial charge is 0.485 e.